The molecule has 140 valence electrons. The minimum Gasteiger partial charge on any atom is -0.305 e. The van der Waals surface area contributed by atoms with Gasteiger partial charge in [0.2, 0.25) is 11.8 Å². The first kappa shape index (κ1) is 19.1. The largest absolute Gasteiger partial charge is 0.305 e. The molecule has 1 aliphatic heterocycles. The molecule has 2 aromatic rings. The standard InChI is InChI=1S/C20H21N3O3S/c1-3-5-6-14-7-8-15-16(12-14)27-20(22(15)11-4-2)21-17(24)13-23-18(25)9-10-19(23)26/h2,7-8,12H,3,5-6,9-11,13H2,1H3. The molecule has 1 aromatic carbocycles. The van der Waals surface area contributed by atoms with Gasteiger partial charge in [0.05, 0.1) is 16.8 Å². The van der Waals surface area contributed by atoms with Crippen molar-refractivity contribution in [1.82, 2.24) is 9.47 Å². The minimum atomic E-state index is -0.526. The molecule has 1 saturated heterocycles. The molecule has 3 rings (SSSR count). The Kier molecular flexibility index (Phi) is 5.87. The van der Waals surface area contributed by atoms with Gasteiger partial charge in [-0.2, -0.15) is 4.99 Å². The van der Waals surface area contributed by atoms with Crippen LogP contribution in [0.3, 0.4) is 0 Å². The van der Waals surface area contributed by atoms with Crippen LogP contribution in [0.4, 0.5) is 0 Å². The number of carbonyl (C=O) groups is 3. The molecule has 0 radical (unpaired) electrons. The van der Waals surface area contributed by atoms with Crippen LogP contribution in [0.1, 0.15) is 38.2 Å². The van der Waals surface area contributed by atoms with Gasteiger partial charge in [-0.05, 0) is 30.5 Å². The van der Waals surface area contributed by atoms with Gasteiger partial charge in [-0.1, -0.05) is 36.7 Å². The number of likely N-dealkylation sites (tertiary alicyclic amines) is 1. The van der Waals surface area contributed by atoms with E-state index in [2.05, 4.69) is 30.0 Å². The number of rotatable bonds is 6. The third-order valence-corrected chi connectivity index (χ3v) is 5.53. The van der Waals surface area contributed by atoms with Crippen LogP contribution in [0, 0.1) is 12.3 Å². The van der Waals surface area contributed by atoms with E-state index < -0.39 is 5.91 Å². The highest BCUT2D eigenvalue weighted by molar-refractivity contribution is 7.16. The highest BCUT2D eigenvalue weighted by Gasteiger charge is 2.30. The van der Waals surface area contributed by atoms with Gasteiger partial charge in [-0.15, -0.1) is 6.42 Å². The smallest absolute Gasteiger partial charge is 0.268 e. The first-order chi connectivity index (χ1) is 13.0. The van der Waals surface area contributed by atoms with E-state index in [1.54, 1.807) is 0 Å². The van der Waals surface area contributed by atoms with Gasteiger partial charge < -0.3 is 4.57 Å². The van der Waals surface area contributed by atoms with E-state index in [9.17, 15) is 14.4 Å². The number of nitrogens with zero attached hydrogens (tertiary/aromatic N) is 3. The van der Waals surface area contributed by atoms with Crippen molar-refractivity contribution in [3.8, 4) is 12.3 Å². The molecule has 3 amide bonds. The Morgan fingerprint density at radius 2 is 2.04 bits per heavy atom. The molecule has 0 unspecified atom stereocenters. The van der Waals surface area contributed by atoms with Gasteiger partial charge in [-0.25, -0.2) is 0 Å². The van der Waals surface area contributed by atoms with Crippen molar-refractivity contribution in [1.29, 1.82) is 0 Å². The van der Waals surface area contributed by atoms with E-state index in [0.29, 0.717) is 11.3 Å². The fourth-order valence-corrected chi connectivity index (χ4v) is 4.17. The molecule has 27 heavy (non-hydrogen) atoms. The van der Waals surface area contributed by atoms with E-state index in [4.69, 9.17) is 6.42 Å². The SMILES string of the molecule is C#CCn1c(=NC(=O)CN2C(=O)CCC2=O)sc2cc(CCCC)ccc21. The number of aryl methyl sites for hydroxylation is 1. The number of aromatic nitrogens is 1. The Morgan fingerprint density at radius 3 is 2.70 bits per heavy atom. The van der Waals surface area contributed by atoms with Crippen molar-refractivity contribution in [2.75, 3.05) is 6.54 Å². The Labute approximate surface area is 161 Å². The van der Waals surface area contributed by atoms with Crippen LogP contribution in [0.2, 0.25) is 0 Å². The molecule has 7 heteroatoms. The zero-order valence-electron chi connectivity index (χ0n) is 15.2. The van der Waals surface area contributed by atoms with Crippen LogP contribution in [0.15, 0.2) is 23.2 Å². The monoisotopic (exact) mass is 383 g/mol. The third kappa shape index (κ3) is 4.17. The lowest BCUT2D eigenvalue weighted by molar-refractivity contribution is -0.141. The van der Waals surface area contributed by atoms with E-state index in [0.717, 1.165) is 34.4 Å². The summed E-state index contributed by atoms with van der Waals surface area (Å²) in [5.41, 5.74) is 2.17. The van der Waals surface area contributed by atoms with E-state index in [-0.39, 0.29) is 31.2 Å². The maximum Gasteiger partial charge on any atom is 0.268 e. The van der Waals surface area contributed by atoms with E-state index in [1.807, 2.05) is 10.6 Å². The number of hydrogen-bond donors (Lipinski definition) is 0. The van der Waals surface area contributed by atoms with Crippen molar-refractivity contribution >= 4 is 39.3 Å². The second kappa shape index (κ2) is 8.31. The number of carbonyl (C=O) groups excluding carboxylic acids is 3. The van der Waals surface area contributed by atoms with Crippen LogP contribution >= 0.6 is 11.3 Å². The maximum absolute atomic E-state index is 12.3. The molecule has 2 heterocycles. The van der Waals surface area contributed by atoms with Crippen molar-refractivity contribution < 1.29 is 14.4 Å². The predicted molar refractivity (Wildman–Crippen MR) is 104 cm³/mol. The molecule has 6 nitrogen and oxygen atoms in total. The Bertz CT molecular complexity index is 994. The Morgan fingerprint density at radius 1 is 1.30 bits per heavy atom. The molecular weight excluding hydrogens is 362 g/mol. The number of fused-ring (bicyclic) bond motifs is 1. The van der Waals surface area contributed by atoms with E-state index in [1.165, 1.54) is 16.9 Å². The lowest BCUT2D eigenvalue weighted by atomic mass is 10.1. The van der Waals surface area contributed by atoms with Gasteiger partial charge in [0.1, 0.15) is 6.54 Å². The summed E-state index contributed by atoms with van der Waals surface area (Å²) in [6.07, 6.45) is 9.05. The number of unbranched alkanes of at least 4 members (excludes halogenated alkanes) is 1. The number of benzene rings is 1. The summed E-state index contributed by atoms with van der Waals surface area (Å²) < 4.78 is 2.83. The Balaban J connectivity index is 1.94. The molecular formula is C20H21N3O3S. The average molecular weight is 383 g/mol. The molecule has 0 bridgehead atoms. The lowest BCUT2D eigenvalue weighted by Gasteiger charge is -2.10. The summed E-state index contributed by atoms with van der Waals surface area (Å²) in [6, 6.07) is 6.19. The highest BCUT2D eigenvalue weighted by atomic mass is 32.1. The van der Waals surface area contributed by atoms with Gasteiger partial charge in [-0.3, -0.25) is 19.3 Å². The molecule has 1 aliphatic rings. The van der Waals surface area contributed by atoms with E-state index >= 15 is 0 Å². The molecule has 1 fully saturated rings. The lowest BCUT2D eigenvalue weighted by Crippen LogP contribution is -2.34. The number of terminal acetylenes is 1. The second-order valence-electron chi connectivity index (χ2n) is 6.46. The number of hydrogen-bond acceptors (Lipinski definition) is 4. The van der Waals surface area contributed by atoms with Crippen molar-refractivity contribution in [2.45, 2.75) is 45.6 Å². The van der Waals surface area contributed by atoms with Crippen molar-refractivity contribution in [2.24, 2.45) is 4.99 Å². The van der Waals surface area contributed by atoms with Gasteiger partial charge in [0.25, 0.3) is 5.91 Å². The molecule has 0 N–H and O–H groups in total. The van der Waals surface area contributed by atoms with Crippen LogP contribution in [-0.2, 0) is 27.3 Å². The first-order valence-electron chi connectivity index (χ1n) is 9.00. The average Bonchev–Trinajstić information content (AvgIpc) is 3.14. The molecule has 0 saturated carbocycles. The quantitative estimate of drug-likeness (QED) is 0.567. The predicted octanol–water partition coefficient (Wildman–Crippen LogP) is 2.25. The van der Waals surface area contributed by atoms with Crippen LogP contribution in [0.25, 0.3) is 10.2 Å². The molecule has 0 spiro atoms. The third-order valence-electron chi connectivity index (χ3n) is 4.48. The first-order valence-corrected chi connectivity index (χ1v) is 9.81. The fourth-order valence-electron chi connectivity index (χ4n) is 3.06. The van der Waals surface area contributed by atoms with Crippen LogP contribution < -0.4 is 4.80 Å². The number of amides is 3. The highest BCUT2D eigenvalue weighted by Crippen LogP contribution is 2.20. The summed E-state index contributed by atoms with van der Waals surface area (Å²) in [7, 11) is 0. The van der Waals surface area contributed by atoms with Crippen molar-refractivity contribution in [3.63, 3.8) is 0 Å². The van der Waals surface area contributed by atoms with Gasteiger partial charge >= 0.3 is 0 Å². The van der Waals surface area contributed by atoms with Gasteiger partial charge in [0.15, 0.2) is 4.80 Å². The summed E-state index contributed by atoms with van der Waals surface area (Å²) in [6.45, 7) is 2.13. The zero-order chi connectivity index (χ0) is 19.4. The van der Waals surface area contributed by atoms with Crippen LogP contribution in [0.5, 0.6) is 0 Å². The van der Waals surface area contributed by atoms with Crippen LogP contribution in [-0.4, -0.2) is 33.7 Å². The second-order valence-corrected chi connectivity index (χ2v) is 7.47. The Hall–Kier alpha value is -2.72. The number of thiazole rings is 1. The molecule has 1 aromatic heterocycles. The molecule has 0 aliphatic carbocycles. The minimum absolute atomic E-state index is 0.159. The summed E-state index contributed by atoms with van der Waals surface area (Å²) in [5.74, 6) is 1.42. The normalized spacial score (nSPS) is 15.0. The van der Waals surface area contributed by atoms with Crippen molar-refractivity contribution in [3.05, 3.63) is 28.6 Å². The number of imide groups is 1. The summed E-state index contributed by atoms with van der Waals surface area (Å²) in [5, 5.41) is 0. The zero-order valence-corrected chi connectivity index (χ0v) is 16.1. The molecule has 0 atom stereocenters. The summed E-state index contributed by atoms with van der Waals surface area (Å²) >= 11 is 1.39. The maximum atomic E-state index is 12.3. The van der Waals surface area contributed by atoms with Gasteiger partial charge in [0, 0.05) is 12.8 Å². The summed E-state index contributed by atoms with van der Waals surface area (Å²) in [4.78, 5) is 41.3. The topological polar surface area (TPSA) is 71.7 Å². The fraction of sp³-hybridized carbons (Fsp3) is 0.400.